The zero-order valence-electron chi connectivity index (χ0n) is 18.5. The van der Waals surface area contributed by atoms with Crippen molar-refractivity contribution < 1.29 is 14.3 Å². The highest BCUT2D eigenvalue weighted by molar-refractivity contribution is 5.92. The van der Waals surface area contributed by atoms with Crippen LogP contribution in [0.5, 0.6) is 11.5 Å². The standard InChI is InChI=1S/C25H29N3O3/c1-18-5-7-21(8-6-18)17-28-20(3)24(19(2)27-28)13-14-25(29)26-15-16-31-23-11-9-22(30-4)10-12-23/h5-14H,15-17H2,1-4H3,(H,26,29)/b14-13+. The summed E-state index contributed by atoms with van der Waals surface area (Å²) in [6, 6.07) is 15.8. The van der Waals surface area contributed by atoms with Crippen molar-refractivity contribution in [3.8, 4) is 11.5 Å². The number of rotatable bonds is 9. The van der Waals surface area contributed by atoms with Gasteiger partial charge in [0.1, 0.15) is 18.1 Å². The minimum absolute atomic E-state index is 0.164. The van der Waals surface area contributed by atoms with Crippen molar-refractivity contribution in [3.05, 3.63) is 82.7 Å². The van der Waals surface area contributed by atoms with E-state index in [0.29, 0.717) is 19.7 Å². The van der Waals surface area contributed by atoms with E-state index in [4.69, 9.17) is 9.47 Å². The van der Waals surface area contributed by atoms with Crippen LogP contribution in [0.1, 0.15) is 28.1 Å². The first-order valence-corrected chi connectivity index (χ1v) is 10.3. The summed E-state index contributed by atoms with van der Waals surface area (Å²) >= 11 is 0. The van der Waals surface area contributed by atoms with Gasteiger partial charge in [-0.3, -0.25) is 9.48 Å². The zero-order chi connectivity index (χ0) is 22.2. The molecule has 6 nitrogen and oxygen atoms in total. The average Bonchev–Trinajstić information content (AvgIpc) is 3.04. The largest absolute Gasteiger partial charge is 0.497 e. The number of benzene rings is 2. The predicted octanol–water partition coefficient (Wildman–Crippen LogP) is 4.07. The fourth-order valence-electron chi connectivity index (χ4n) is 3.21. The number of aromatic nitrogens is 2. The molecule has 0 spiro atoms. The molecule has 0 aliphatic rings. The maximum absolute atomic E-state index is 12.2. The molecule has 2 aromatic carbocycles. The summed E-state index contributed by atoms with van der Waals surface area (Å²) in [4.78, 5) is 12.2. The van der Waals surface area contributed by atoms with Crippen LogP contribution in [-0.4, -0.2) is 35.9 Å². The molecule has 1 aromatic heterocycles. The van der Waals surface area contributed by atoms with Crippen LogP contribution in [0.2, 0.25) is 0 Å². The van der Waals surface area contributed by atoms with Gasteiger partial charge in [0.25, 0.3) is 0 Å². The second-order valence-electron chi connectivity index (χ2n) is 7.38. The van der Waals surface area contributed by atoms with Crippen molar-refractivity contribution >= 4 is 12.0 Å². The van der Waals surface area contributed by atoms with Gasteiger partial charge in [-0.15, -0.1) is 0 Å². The Balaban J connectivity index is 1.50. The van der Waals surface area contributed by atoms with E-state index in [1.54, 1.807) is 13.2 Å². The number of hydrogen-bond acceptors (Lipinski definition) is 4. The van der Waals surface area contributed by atoms with E-state index in [1.807, 2.05) is 48.9 Å². The lowest BCUT2D eigenvalue weighted by Gasteiger charge is -2.07. The Morgan fingerprint density at radius 1 is 1.03 bits per heavy atom. The summed E-state index contributed by atoms with van der Waals surface area (Å²) in [5.74, 6) is 1.35. The molecule has 0 aliphatic carbocycles. The van der Waals surface area contributed by atoms with Crippen LogP contribution >= 0.6 is 0 Å². The van der Waals surface area contributed by atoms with Crippen molar-refractivity contribution in [1.29, 1.82) is 0 Å². The smallest absolute Gasteiger partial charge is 0.244 e. The van der Waals surface area contributed by atoms with Gasteiger partial charge in [-0.2, -0.15) is 5.10 Å². The topological polar surface area (TPSA) is 65.4 Å². The van der Waals surface area contributed by atoms with Crippen LogP contribution in [0.15, 0.2) is 54.6 Å². The van der Waals surface area contributed by atoms with Crippen molar-refractivity contribution in [2.24, 2.45) is 0 Å². The number of ether oxygens (including phenoxy) is 2. The minimum Gasteiger partial charge on any atom is -0.497 e. The van der Waals surface area contributed by atoms with Gasteiger partial charge in [0.15, 0.2) is 0 Å². The number of carbonyl (C=O) groups excluding carboxylic acids is 1. The molecule has 0 atom stereocenters. The Labute approximate surface area is 183 Å². The van der Waals surface area contributed by atoms with Gasteiger partial charge in [0.2, 0.25) is 5.91 Å². The van der Waals surface area contributed by atoms with E-state index in [2.05, 4.69) is 41.6 Å². The maximum Gasteiger partial charge on any atom is 0.244 e. The summed E-state index contributed by atoms with van der Waals surface area (Å²) in [5.41, 5.74) is 5.33. The predicted molar refractivity (Wildman–Crippen MR) is 123 cm³/mol. The van der Waals surface area contributed by atoms with E-state index in [9.17, 15) is 4.79 Å². The molecular weight excluding hydrogens is 390 g/mol. The third-order valence-electron chi connectivity index (χ3n) is 5.02. The van der Waals surface area contributed by atoms with Crippen molar-refractivity contribution in [3.63, 3.8) is 0 Å². The van der Waals surface area contributed by atoms with E-state index in [1.165, 1.54) is 11.1 Å². The number of nitrogens with one attached hydrogen (secondary N) is 1. The summed E-state index contributed by atoms with van der Waals surface area (Å²) in [6.45, 7) is 7.56. The van der Waals surface area contributed by atoms with Gasteiger partial charge in [-0.05, 0) is 56.7 Å². The van der Waals surface area contributed by atoms with Gasteiger partial charge in [-0.1, -0.05) is 29.8 Å². The van der Waals surface area contributed by atoms with Gasteiger partial charge in [-0.25, -0.2) is 0 Å². The van der Waals surface area contributed by atoms with Crippen molar-refractivity contribution in [2.75, 3.05) is 20.3 Å². The highest BCUT2D eigenvalue weighted by Gasteiger charge is 2.10. The van der Waals surface area contributed by atoms with Gasteiger partial charge < -0.3 is 14.8 Å². The number of carbonyl (C=O) groups is 1. The van der Waals surface area contributed by atoms with Gasteiger partial charge in [0, 0.05) is 17.3 Å². The molecule has 0 saturated heterocycles. The van der Waals surface area contributed by atoms with Crippen molar-refractivity contribution in [1.82, 2.24) is 15.1 Å². The molecule has 1 N–H and O–H groups in total. The van der Waals surface area contributed by atoms with E-state index >= 15 is 0 Å². The SMILES string of the molecule is COc1ccc(OCCNC(=O)/C=C/c2c(C)nn(Cc3ccc(C)cc3)c2C)cc1. The summed E-state index contributed by atoms with van der Waals surface area (Å²) in [7, 11) is 1.62. The molecule has 6 heteroatoms. The molecule has 3 rings (SSSR count). The molecule has 162 valence electrons. The monoisotopic (exact) mass is 419 g/mol. The molecule has 31 heavy (non-hydrogen) atoms. The van der Waals surface area contributed by atoms with Crippen LogP contribution in [0.3, 0.4) is 0 Å². The molecule has 0 fully saturated rings. The Morgan fingerprint density at radius 2 is 1.71 bits per heavy atom. The molecule has 1 amide bonds. The normalized spacial score (nSPS) is 11.0. The van der Waals surface area contributed by atoms with Crippen molar-refractivity contribution in [2.45, 2.75) is 27.3 Å². The number of hydrogen-bond donors (Lipinski definition) is 1. The summed E-state index contributed by atoms with van der Waals surface area (Å²) < 4.78 is 12.7. The third-order valence-corrected chi connectivity index (χ3v) is 5.02. The lowest BCUT2D eigenvalue weighted by molar-refractivity contribution is -0.116. The molecule has 0 bridgehead atoms. The Hall–Kier alpha value is -3.54. The van der Waals surface area contributed by atoms with E-state index in [0.717, 1.165) is 28.5 Å². The molecule has 0 aliphatic heterocycles. The zero-order valence-corrected chi connectivity index (χ0v) is 18.5. The van der Waals surface area contributed by atoms with E-state index < -0.39 is 0 Å². The van der Waals surface area contributed by atoms with Crippen LogP contribution in [0.25, 0.3) is 6.08 Å². The third kappa shape index (κ3) is 6.22. The first-order chi connectivity index (χ1) is 15.0. The Kier molecular flexibility index (Phi) is 7.49. The fourth-order valence-corrected chi connectivity index (χ4v) is 3.21. The first-order valence-electron chi connectivity index (χ1n) is 10.3. The summed E-state index contributed by atoms with van der Waals surface area (Å²) in [6.07, 6.45) is 3.36. The van der Waals surface area contributed by atoms with Crippen LogP contribution in [0.4, 0.5) is 0 Å². The van der Waals surface area contributed by atoms with Gasteiger partial charge >= 0.3 is 0 Å². The Bertz CT molecular complexity index is 1040. The second-order valence-corrected chi connectivity index (χ2v) is 7.38. The summed E-state index contributed by atoms with van der Waals surface area (Å²) in [5, 5.41) is 7.47. The highest BCUT2D eigenvalue weighted by Crippen LogP contribution is 2.17. The quantitative estimate of drug-likeness (QED) is 0.419. The number of amides is 1. The number of aryl methyl sites for hydroxylation is 2. The number of nitrogens with zero attached hydrogens (tertiary/aromatic N) is 2. The van der Waals surface area contributed by atoms with Crippen LogP contribution < -0.4 is 14.8 Å². The number of methoxy groups -OCH3 is 1. The molecular formula is C25H29N3O3. The molecule has 3 aromatic rings. The second kappa shape index (κ2) is 10.5. The minimum atomic E-state index is -0.164. The van der Waals surface area contributed by atoms with Crippen LogP contribution in [0, 0.1) is 20.8 Å². The fraction of sp³-hybridized carbons (Fsp3) is 0.280. The van der Waals surface area contributed by atoms with Gasteiger partial charge in [0.05, 0.1) is 25.9 Å². The maximum atomic E-state index is 12.2. The molecule has 0 unspecified atom stereocenters. The molecule has 1 heterocycles. The molecule has 0 radical (unpaired) electrons. The lowest BCUT2D eigenvalue weighted by Crippen LogP contribution is -2.26. The first kappa shape index (κ1) is 22.2. The lowest BCUT2D eigenvalue weighted by atomic mass is 10.1. The Morgan fingerprint density at radius 3 is 2.39 bits per heavy atom. The van der Waals surface area contributed by atoms with Crippen LogP contribution in [-0.2, 0) is 11.3 Å². The van der Waals surface area contributed by atoms with E-state index in [-0.39, 0.29) is 5.91 Å². The highest BCUT2D eigenvalue weighted by atomic mass is 16.5. The average molecular weight is 420 g/mol. The molecule has 0 saturated carbocycles.